The van der Waals surface area contributed by atoms with Crippen LogP contribution >= 0.6 is 24.4 Å². The van der Waals surface area contributed by atoms with Gasteiger partial charge in [0.15, 0.2) is 0 Å². The molecule has 1 aromatic carbocycles. The minimum Gasteiger partial charge on any atom is -0.676 e. The minimum absolute atomic E-state index is 0. The van der Waals surface area contributed by atoms with Gasteiger partial charge in [0.05, 0.1) is 23.7 Å². The number of fused-ring (bicyclic) bond motifs is 1. The van der Waals surface area contributed by atoms with E-state index in [0.29, 0.717) is 27.9 Å². The van der Waals surface area contributed by atoms with E-state index < -0.39 is 0 Å². The summed E-state index contributed by atoms with van der Waals surface area (Å²) in [6, 6.07) is 5.08. The van der Waals surface area contributed by atoms with Gasteiger partial charge in [-0.25, -0.2) is 4.79 Å². The predicted molar refractivity (Wildman–Crippen MR) is 83.9 cm³/mol. The molecule has 1 heterocycles. The Morgan fingerprint density at radius 1 is 1.29 bits per heavy atom. The van der Waals surface area contributed by atoms with Crippen molar-refractivity contribution in [3.8, 4) is 0 Å². The van der Waals surface area contributed by atoms with Crippen molar-refractivity contribution in [1.29, 1.82) is 0 Å². The average molecular weight is 377 g/mol. The number of hydrogen-bond donors (Lipinski definition) is 3. The van der Waals surface area contributed by atoms with Crippen LogP contribution in [-0.4, -0.2) is 36.1 Å². The monoisotopic (exact) mass is 375 g/mol. The summed E-state index contributed by atoms with van der Waals surface area (Å²) in [6.07, 6.45) is 0. The first-order valence-electron chi connectivity index (χ1n) is 5.72. The number of nitrogens with two attached hydrogens (primary N) is 1. The summed E-state index contributed by atoms with van der Waals surface area (Å²) in [5, 5.41) is 0. The van der Waals surface area contributed by atoms with Crippen LogP contribution in [0.25, 0.3) is 16.8 Å². The van der Waals surface area contributed by atoms with Crippen LogP contribution in [0.2, 0.25) is 0 Å². The number of carbonyl (C=O) groups is 1. The van der Waals surface area contributed by atoms with Gasteiger partial charge < -0.3 is 26.2 Å². The van der Waals surface area contributed by atoms with E-state index in [1.165, 1.54) is 7.11 Å². The molecule has 0 saturated heterocycles. The predicted octanol–water partition coefficient (Wildman–Crippen LogP) is 2.74. The Hall–Kier alpha value is -0.987. The molecule has 0 unspecified atom stereocenters. The molecule has 0 spiro atoms. The molecule has 5 N–H and O–H groups in total. The van der Waals surface area contributed by atoms with E-state index >= 15 is 0 Å². The first-order valence-corrected chi connectivity index (χ1v) is 6.54. The molecule has 110 valence electrons. The maximum atomic E-state index is 11.3. The topological polar surface area (TPSA) is 108 Å². The Balaban J connectivity index is 0.000000715. The van der Waals surface area contributed by atoms with Crippen LogP contribution in [0.1, 0.15) is 10.4 Å². The second-order valence-corrected chi connectivity index (χ2v) is 4.52. The smallest absolute Gasteiger partial charge is 0.337 e. The first-order chi connectivity index (χ1) is 9.53. The van der Waals surface area contributed by atoms with Crippen molar-refractivity contribution in [2.75, 3.05) is 20.2 Å². The third kappa shape index (κ3) is 5.72. The van der Waals surface area contributed by atoms with Crippen molar-refractivity contribution in [3.05, 3.63) is 38.8 Å². The molecule has 0 aliphatic heterocycles. The number of nitrogens with one attached hydrogen (secondary N) is 3. The summed E-state index contributed by atoms with van der Waals surface area (Å²) in [7, 11) is 1.34. The Labute approximate surface area is 145 Å². The first kappa shape index (κ1) is 20.0. The maximum absolute atomic E-state index is 11.3. The largest absolute Gasteiger partial charge is 0.676 e. The van der Waals surface area contributed by atoms with Crippen LogP contribution in [0.3, 0.4) is 0 Å². The van der Waals surface area contributed by atoms with Gasteiger partial charge in [0.1, 0.15) is 9.28 Å². The summed E-state index contributed by atoms with van der Waals surface area (Å²) in [4.78, 5) is 17.2. The number of hydrogen-bond acceptors (Lipinski definition) is 5. The molecule has 6 nitrogen and oxygen atoms in total. The zero-order chi connectivity index (χ0) is 15.1. The van der Waals surface area contributed by atoms with Crippen molar-refractivity contribution in [1.82, 2.24) is 9.97 Å². The summed E-state index contributed by atoms with van der Waals surface area (Å²) in [5.41, 5.74) is 13.2. The zero-order valence-electron chi connectivity index (χ0n) is 11.6. The Bertz CT molecular complexity index is 712. The van der Waals surface area contributed by atoms with Gasteiger partial charge in [-0.2, -0.15) is 0 Å². The number of H-pyrrole nitrogens is 2. The molecular weight excluding hydrogens is 362 g/mol. The third-order valence-electron chi connectivity index (χ3n) is 2.29. The normalized spacial score (nSPS) is 9.29. The van der Waals surface area contributed by atoms with E-state index in [1.54, 1.807) is 18.2 Å². The van der Waals surface area contributed by atoms with Gasteiger partial charge in [0, 0.05) is 19.5 Å². The second-order valence-electron chi connectivity index (χ2n) is 3.70. The van der Waals surface area contributed by atoms with Crippen molar-refractivity contribution in [3.63, 3.8) is 0 Å². The molecule has 0 amide bonds. The summed E-state index contributed by atoms with van der Waals surface area (Å²) >= 11 is 10.0. The van der Waals surface area contributed by atoms with Crippen molar-refractivity contribution in [2.45, 2.75) is 0 Å². The molecule has 0 fully saturated rings. The molecule has 0 radical (unpaired) electrons. The number of benzene rings is 1. The molecule has 9 heteroatoms. The van der Waals surface area contributed by atoms with Gasteiger partial charge in [-0.15, -0.1) is 6.54 Å². The molecule has 0 bridgehead atoms. The maximum Gasteiger partial charge on any atom is 0.337 e. The van der Waals surface area contributed by atoms with Crippen LogP contribution < -0.4 is 5.73 Å². The molecule has 21 heavy (non-hydrogen) atoms. The van der Waals surface area contributed by atoms with E-state index in [9.17, 15) is 4.79 Å². The number of esters is 1. The third-order valence-corrected chi connectivity index (χ3v) is 3.03. The standard InChI is InChI=1S/C10H8N2O2S2.C2H7N2.Zn/c1-14-10(13)5-2-3-6-7(4-5)12-9(16)8(15)11-6;3-1-2-4;/h2-4H,1H3,(H,11,15)(H,12,16);3H,1-2,4H2;/q;-1;. The number of ether oxygens (including phenoxy) is 1. The van der Waals surface area contributed by atoms with E-state index in [4.69, 9.17) is 35.9 Å². The fraction of sp³-hybridized carbons (Fsp3) is 0.250. The van der Waals surface area contributed by atoms with Crippen molar-refractivity contribution >= 4 is 41.4 Å². The molecule has 2 aromatic rings. The second kappa shape index (κ2) is 9.86. The molecule has 0 saturated carbocycles. The van der Waals surface area contributed by atoms with Gasteiger partial charge >= 0.3 is 5.97 Å². The van der Waals surface area contributed by atoms with E-state index in [2.05, 4.69) is 14.7 Å². The van der Waals surface area contributed by atoms with E-state index in [-0.39, 0.29) is 25.4 Å². The number of aromatic nitrogens is 2. The number of aromatic amines is 2. The summed E-state index contributed by atoms with van der Waals surface area (Å²) in [6.45, 7) is 0.833. The molecule has 0 aliphatic carbocycles. The zero-order valence-corrected chi connectivity index (χ0v) is 16.2. The van der Waals surface area contributed by atoms with Crippen molar-refractivity contribution < 1.29 is 29.0 Å². The van der Waals surface area contributed by atoms with E-state index in [1.807, 2.05) is 0 Å². The summed E-state index contributed by atoms with van der Waals surface area (Å²) < 4.78 is 5.56. The Morgan fingerprint density at radius 2 is 1.81 bits per heavy atom. The van der Waals surface area contributed by atoms with Crippen LogP contribution in [0.4, 0.5) is 0 Å². The molecule has 1 aromatic heterocycles. The minimum atomic E-state index is -0.385. The van der Waals surface area contributed by atoms with Gasteiger partial charge in [0.2, 0.25) is 0 Å². The number of methoxy groups -OCH3 is 1. The summed E-state index contributed by atoms with van der Waals surface area (Å²) in [5.74, 6) is -0.385. The van der Waals surface area contributed by atoms with Crippen LogP contribution in [0, 0.1) is 9.28 Å². The molecule has 0 atom stereocenters. The Kier molecular flexibility index (Phi) is 9.40. The molecule has 2 rings (SSSR count). The molecular formula is C12H15N4O2S2Zn-. The van der Waals surface area contributed by atoms with Gasteiger partial charge in [-0.3, -0.25) is 0 Å². The van der Waals surface area contributed by atoms with E-state index in [0.717, 1.165) is 11.0 Å². The fourth-order valence-electron chi connectivity index (χ4n) is 1.36. The van der Waals surface area contributed by atoms with Gasteiger partial charge in [0.25, 0.3) is 0 Å². The van der Waals surface area contributed by atoms with Gasteiger partial charge in [-0.05, 0) is 24.7 Å². The fourth-order valence-corrected chi connectivity index (χ4v) is 1.68. The molecule has 0 aliphatic rings. The van der Waals surface area contributed by atoms with Crippen molar-refractivity contribution in [2.24, 2.45) is 5.73 Å². The average Bonchev–Trinajstić information content (AvgIpc) is 2.47. The number of rotatable bonds is 2. The van der Waals surface area contributed by atoms with Crippen LogP contribution in [0.15, 0.2) is 18.2 Å². The number of carbonyl (C=O) groups excluding carboxylic acids is 1. The SMILES string of the molecule is COC(=O)c1ccc2[nH]c(=S)c(=S)[nH]c2c1.[NH-]CCN.[Zn]. The van der Waals surface area contributed by atoms with Gasteiger partial charge in [-0.1, -0.05) is 24.4 Å². The quantitative estimate of drug-likeness (QED) is 0.424. The van der Waals surface area contributed by atoms with Crippen LogP contribution in [-0.2, 0) is 24.2 Å². The Morgan fingerprint density at radius 3 is 2.29 bits per heavy atom. The van der Waals surface area contributed by atoms with Crippen LogP contribution in [0.5, 0.6) is 0 Å².